The molecule has 1 amide bonds. The maximum Gasteiger partial charge on any atom is 0.220 e. The highest BCUT2D eigenvalue weighted by Crippen LogP contribution is 2.31. The van der Waals surface area contributed by atoms with Crippen LogP contribution in [0.25, 0.3) is 0 Å². The molecule has 0 aromatic heterocycles. The average molecular weight is 366 g/mol. The molecule has 0 saturated heterocycles. The molecule has 0 unspecified atom stereocenters. The van der Waals surface area contributed by atoms with Gasteiger partial charge in [-0.05, 0) is 49.7 Å². The van der Waals surface area contributed by atoms with Crippen molar-refractivity contribution < 1.29 is 4.79 Å². The maximum atomic E-state index is 12.4. The zero-order chi connectivity index (χ0) is 20.3. The van der Waals surface area contributed by atoms with Gasteiger partial charge in [0.1, 0.15) is 0 Å². The fourth-order valence-electron chi connectivity index (χ4n) is 3.66. The van der Waals surface area contributed by atoms with Crippen LogP contribution < -0.4 is 5.32 Å². The lowest BCUT2D eigenvalue weighted by Crippen LogP contribution is -2.46. The van der Waals surface area contributed by atoms with Crippen LogP contribution in [-0.2, 0) is 11.2 Å². The summed E-state index contributed by atoms with van der Waals surface area (Å²) < 4.78 is 0. The number of hydrogen-bond donors (Lipinski definition) is 1. The zero-order valence-electron chi connectivity index (χ0n) is 17.4. The summed E-state index contributed by atoms with van der Waals surface area (Å²) in [5, 5.41) is 3.21. The van der Waals surface area contributed by atoms with Crippen molar-refractivity contribution >= 4 is 5.91 Å². The van der Waals surface area contributed by atoms with E-state index in [-0.39, 0.29) is 16.9 Å². The quantitative estimate of drug-likeness (QED) is 0.466. The first-order valence-electron chi connectivity index (χ1n) is 9.63. The van der Waals surface area contributed by atoms with Gasteiger partial charge in [-0.2, -0.15) is 0 Å². The van der Waals surface area contributed by atoms with Gasteiger partial charge in [-0.3, -0.25) is 4.79 Å². The van der Waals surface area contributed by atoms with E-state index in [9.17, 15) is 4.79 Å². The SMILES string of the molecule is C=C/C=C\C=C(/C=C)CCC(=O)NC(C)(C)CC(C)(C)Cc1ccccc1. The molecule has 1 rings (SSSR count). The largest absolute Gasteiger partial charge is 0.351 e. The van der Waals surface area contributed by atoms with Crippen LogP contribution in [0, 0.1) is 5.41 Å². The number of amides is 1. The molecule has 0 aliphatic carbocycles. The van der Waals surface area contributed by atoms with Crippen molar-refractivity contribution in [2.24, 2.45) is 5.41 Å². The van der Waals surface area contributed by atoms with Gasteiger partial charge in [0.25, 0.3) is 0 Å². The summed E-state index contributed by atoms with van der Waals surface area (Å²) in [6, 6.07) is 10.5. The molecule has 0 bridgehead atoms. The van der Waals surface area contributed by atoms with Gasteiger partial charge in [0, 0.05) is 12.0 Å². The second-order valence-corrected chi connectivity index (χ2v) is 8.50. The molecule has 0 heterocycles. The van der Waals surface area contributed by atoms with Crippen LogP contribution in [0.15, 0.2) is 79.4 Å². The van der Waals surface area contributed by atoms with Crippen molar-refractivity contribution in [1.29, 1.82) is 0 Å². The molecule has 0 spiro atoms. The first-order chi connectivity index (χ1) is 12.7. The minimum atomic E-state index is -0.254. The van der Waals surface area contributed by atoms with Crippen LogP contribution in [0.3, 0.4) is 0 Å². The molecule has 0 aliphatic rings. The van der Waals surface area contributed by atoms with Gasteiger partial charge in [-0.15, -0.1) is 0 Å². The van der Waals surface area contributed by atoms with Crippen LogP contribution in [-0.4, -0.2) is 11.4 Å². The summed E-state index contributed by atoms with van der Waals surface area (Å²) in [5.74, 6) is 0.0796. The van der Waals surface area contributed by atoms with E-state index >= 15 is 0 Å². The summed E-state index contributed by atoms with van der Waals surface area (Å²) in [6.07, 6.45) is 12.3. The van der Waals surface area contributed by atoms with Gasteiger partial charge in [0.2, 0.25) is 5.91 Å². The predicted molar refractivity (Wildman–Crippen MR) is 118 cm³/mol. The second-order valence-electron chi connectivity index (χ2n) is 8.50. The van der Waals surface area contributed by atoms with Gasteiger partial charge in [0.15, 0.2) is 0 Å². The van der Waals surface area contributed by atoms with E-state index in [0.717, 1.165) is 18.4 Å². The molecule has 0 atom stereocenters. The first kappa shape index (κ1) is 22.7. The number of allylic oxidation sites excluding steroid dienone is 6. The predicted octanol–water partition coefficient (Wildman–Crippen LogP) is 6.18. The number of rotatable bonds is 11. The Kier molecular flexibility index (Phi) is 9.00. The van der Waals surface area contributed by atoms with Crippen LogP contribution in [0.1, 0.15) is 52.5 Å². The minimum Gasteiger partial charge on any atom is -0.351 e. The van der Waals surface area contributed by atoms with Gasteiger partial charge >= 0.3 is 0 Å². The van der Waals surface area contributed by atoms with E-state index in [1.807, 2.05) is 24.3 Å². The third-order valence-electron chi connectivity index (χ3n) is 4.38. The van der Waals surface area contributed by atoms with Crippen molar-refractivity contribution in [1.82, 2.24) is 5.32 Å². The topological polar surface area (TPSA) is 29.1 Å². The Morgan fingerprint density at radius 1 is 1.04 bits per heavy atom. The summed E-state index contributed by atoms with van der Waals surface area (Å²) in [4.78, 5) is 12.4. The van der Waals surface area contributed by atoms with Gasteiger partial charge in [-0.1, -0.05) is 87.7 Å². The van der Waals surface area contributed by atoms with E-state index in [1.54, 1.807) is 12.2 Å². The van der Waals surface area contributed by atoms with Crippen molar-refractivity contribution in [3.8, 4) is 0 Å². The first-order valence-corrected chi connectivity index (χ1v) is 9.63. The van der Waals surface area contributed by atoms with Gasteiger partial charge in [-0.25, -0.2) is 0 Å². The molecule has 146 valence electrons. The molecule has 1 aromatic rings. The molecule has 27 heavy (non-hydrogen) atoms. The number of carbonyl (C=O) groups is 1. The monoisotopic (exact) mass is 365 g/mol. The molecule has 1 N–H and O–H groups in total. The van der Waals surface area contributed by atoms with Crippen molar-refractivity contribution in [3.63, 3.8) is 0 Å². The molecule has 2 heteroatoms. The van der Waals surface area contributed by atoms with Crippen LogP contribution in [0.5, 0.6) is 0 Å². The number of nitrogens with one attached hydrogen (secondary N) is 1. The smallest absolute Gasteiger partial charge is 0.220 e. The Balaban J connectivity index is 2.58. The average Bonchev–Trinajstić information content (AvgIpc) is 2.56. The number of carbonyl (C=O) groups excluding carboxylic acids is 1. The van der Waals surface area contributed by atoms with E-state index in [0.29, 0.717) is 12.8 Å². The Hall–Kier alpha value is -2.35. The van der Waals surface area contributed by atoms with Crippen molar-refractivity contribution in [2.75, 3.05) is 0 Å². The summed E-state index contributed by atoms with van der Waals surface area (Å²) in [7, 11) is 0. The lowest BCUT2D eigenvalue weighted by molar-refractivity contribution is -0.122. The van der Waals surface area contributed by atoms with E-state index in [1.165, 1.54) is 5.56 Å². The van der Waals surface area contributed by atoms with Crippen molar-refractivity contribution in [3.05, 3.63) is 85.0 Å². The number of hydrogen-bond acceptors (Lipinski definition) is 1. The fraction of sp³-hybridized carbons (Fsp3) is 0.400. The molecular formula is C25H35NO. The van der Waals surface area contributed by atoms with Gasteiger partial charge < -0.3 is 5.32 Å². The van der Waals surface area contributed by atoms with Crippen LogP contribution in [0.2, 0.25) is 0 Å². The molecule has 1 aromatic carbocycles. The highest BCUT2D eigenvalue weighted by molar-refractivity contribution is 5.77. The van der Waals surface area contributed by atoms with E-state index in [2.05, 4.69) is 70.4 Å². The molecule has 2 nitrogen and oxygen atoms in total. The highest BCUT2D eigenvalue weighted by Gasteiger charge is 2.30. The lowest BCUT2D eigenvalue weighted by atomic mass is 9.76. The van der Waals surface area contributed by atoms with E-state index in [4.69, 9.17) is 0 Å². The molecular weight excluding hydrogens is 330 g/mol. The van der Waals surface area contributed by atoms with Crippen molar-refractivity contribution in [2.45, 2.75) is 58.9 Å². The molecule has 0 radical (unpaired) electrons. The number of benzene rings is 1. The van der Waals surface area contributed by atoms with Gasteiger partial charge in [0.05, 0.1) is 0 Å². The highest BCUT2D eigenvalue weighted by atomic mass is 16.1. The Bertz CT molecular complexity index is 678. The molecule has 0 fully saturated rings. The molecule has 0 aliphatic heterocycles. The lowest BCUT2D eigenvalue weighted by Gasteiger charge is -2.36. The van der Waals surface area contributed by atoms with Crippen LogP contribution in [0.4, 0.5) is 0 Å². The minimum absolute atomic E-state index is 0.0796. The fourth-order valence-corrected chi connectivity index (χ4v) is 3.66. The summed E-state index contributed by atoms with van der Waals surface area (Å²) >= 11 is 0. The Morgan fingerprint density at radius 2 is 1.70 bits per heavy atom. The standard InChI is InChI=1S/C25H35NO/c1-7-9-11-14-21(8-2)17-18-23(27)26-25(5,6)20-24(3,4)19-22-15-12-10-13-16-22/h7-16H,1-2,17-20H2,3-6H3,(H,26,27)/b11-9-,21-14+. The Labute approximate surface area is 165 Å². The maximum absolute atomic E-state index is 12.4. The van der Waals surface area contributed by atoms with E-state index < -0.39 is 0 Å². The zero-order valence-corrected chi connectivity index (χ0v) is 17.4. The summed E-state index contributed by atoms with van der Waals surface area (Å²) in [6.45, 7) is 16.2. The van der Waals surface area contributed by atoms with Crippen LogP contribution >= 0.6 is 0 Å². The third-order valence-corrected chi connectivity index (χ3v) is 4.38. The second kappa shape index (κ2) is 10.7. The molecule has 0 saturated carbocycles. The third kappa shape index (κ3) is 9.79. The Morgan fingerprint density at radius 3 is 2.30 bits per heavy atom. The summed E-state index contributed by atoms with van der Waals surface area (Å²) in [5.41, 5.74) is 2.22. The normalized spacial score (nSPS) is 12.8.